The molecule has 0 bridgehead atoms. The summed E-state index contributed by atoms with van der Waals surface area (Å²) in [4.78, 5) is 18.1. The summed E-state index contributed by atoms with van der Waals surface area (Å²) in [7, 11) is 2.07. The monoisotopic (exact) mass is 261 g/mol. The molecule has 19 heavy (non-hydrogen) atoms. The lowest BCUT2D eigenvalue weighted by molar-refractivity contribution is -0.131. The summed E-state index contributed by atoms with van der Waals surface area (Å²) in [6, 6.07) is 4.06. The van der Waals surface area contributed by atoms with Crippen molar-refractivity contribution in [1.82, 2.24) is 9.88 Å². The van der Waals surface area contributed by atoms with Crippen molar-refractivity contribution in [1.29, 1.82) is 0 Å². The molecule has 1 aromatic heterocycles. The van der Waals surface area contributed by atoms with Crippen molar-refractivity contribution in [2.75, 3.05) is 20.1 Å². The molecule has 2 N–H and O–H groups in total. The lowest BCUT2D eigenvalue weighted by Gasteiger charge is -2.39. The number of aromatic nitrogens is 1. The normalized spacial score (nSPS) is 24.3. The Bertz CT molecular complexity index is 421. The Morgan fingerprint density at radius 2 is 2.21 bits per heavy atom. The van der Waals surface area contributed by atoms with E-state index in [0.717, 1.165) is 45.2 Å². The summed E-state index contributed by atoms with van der Waals surface area (Å²) < 4.78 is 0. The second kappa shape index (κ2) is 6.15. The summed E-state index contributed by atoms with van der Waals surface area (Å²) in [6.07, 6.45) is 8.50. The van der Waals surface area contributed by atoms with E-state index in [2.05, 4.69) is 16.9 Å². The maximum Gasteiger partial charge on any atom is 0.224 e. The van der Waals surface area contributed by atoms with Gasteiger partial charge in [0.15, 0.2) is 0 Å². The number of nitrogens with two attached hydrogens (primary N) is 1. The number of carbonyl (C=O) groups excluding carboxylic acids is 1. The molecule has 1 aliphatic rings. The number of carbonyl (C=O) groups is 1. The van der Waals surface area contributed by atoms with Crippen LogP contribution in [0.25, 0.3) is 0 Å². The number of hydrogen-bond donors (Lipinski definition) is 1. The van der Waals surface area contributed by atoms with E-state index < -0.39 is 0 Å². The molecule has 4 heteroatoms. The Hall–Kier alpha value is -1.42. The minimum atomic E-state index is -0.319. The quantitative estimate of drug-likeness (QED) is 0.876. The number of likely N-dealkylation sites (tertiary alicyclic amines) is 1. The standard InChI is InChI=1S/C15H23N3O/c1-18-11-3-8-15(12-18,14(16)19)7-2-4-13-5-9-17-10-6-13/h5-6,9-10H,2-4,7-8,11-12H2,1H3,(H2,16,19)/t15-/m1/s1. The number of nitrogens with zero attached hydrogens (tertiary/aromatic N) is 2. The molecular weight excluding hydrogens is 238 g/mol. The zero-order chi connectivity index (χ0) is 13.7. The first-order valence-electron chi connectivity index (χ1n) is 7.00. The van der Waals surface area contributed by atoms with Gasteiger partial charge in [0.25, 0.3) is 0 Å². The number of aryl methyl sites for hydroxylation is 1. The Kier molecular flexibility index (Phi) is 4.53. The topological polar surface area (TPSA) is 59.2 Å². The fourth-order valence-corrected chi connectivity index (χ4v) is 3.07. The van der Waals surface area contributed by atoms with E-state index in [-0.39, 0.29) is 11.3 Å². The Morgan fingerprint density at radius 1 is 1.47 bits per heavy atom. The molecule has 2 heterocycles. The van der Waals surface area contributed by atoms with Gasteiger partial charge in [0, 0.05) is 18.9 Å². The molecule has 0 saturated carbocycles. The molecule has 1 saturated heterocycles. The van der Waals surface area contributed by atoms with Gasteiger partial charge in [0.05, 0.1) is 5.41 Å². The van der Waals surface area contributed by atoms with E-state index in [4.69, 9.17) is 5.73 Å². The van der Waals surface area contributed by atoms with Crippen molar-refractivity contribution in [2.24, 2.45) is 11.1 Å². The third-order valence-electron chi connectivity index (χ3n) is 4.16. The maximum atomic E-state index is 11.8. The van der Waals surface area contributed by atoms with Gasteiger partial charge in [-0.25, -0.2) is 0 Å². The first-order chi connectivity index (χ1) is 9.12. The molecule has 1 aromatic rings. The fraction of sp³-hybridized carbons (Fsp3) is 0.600. The molecule has 2 rings (SSSR count). The van der Waals surface area contributed by atoms with E-state index >= 15 is 0 Å². The van der Waals surface area contributed by atoms with Crippen LogP contribution < -0.4 is 5.73 Å². The van der Waals surface area contributed by atoms with Crippen LogP contribution in [0.4, 0.5) is 0 Å². The van der Waals surface area contributed by atoms with Gasteiger partial charge < -0.3 is 10.6 Å². The molecule has 1 amide bonds. The van der Waals surface area contributed by atoms with Crippen molar-refractivity contribution in [2.45, 2.75) is 32.1 Å². The van der Waals surface area contributed by atoms with Crippen LogP contribution in [0.5, 0.6) is 0 Å². The second-order valence-electron chi connectivity index (χ2n) is 5.69. The van der Waals surface area contributed by atoms with Gasteiger partial charge in [0.2, 0.25) is 5.91 Å². The lowest BCUT2D eigenvalue weighted by Crippen LogP contribution is -2.49. The maximum absolute atomic E-state index is 11.8. The van der Waals surface area contributed by atoms with Crippen molar-refractivity contribution in [3.63, 3.8) is 0 Å². The van der Waals surface area contributed by atoms with Crippen LogP contribution in [0, 0.1) is 5.41 Å². The molecule has 0 aromatic carbocycles. The van der Waals surface area contributed by atoms with Crippen LogP contribution in [-0.4, -0.2) is 35.9 Å². The molecule has 0 radical (unpaired) electrons. The summed E-state index contributed by atoms with van der Waals surface area (Å²) in [6.45, 7) is 1.87. The highest BCUT2D eigenvalue weighted by Crippen LogP contribution is 2.34. The van der Waals surface area contributed by atoms with Gasteiger partial charge in [-0.3, -0.25) is 9.78 Å². The van der Waals surface area contributed by atoms with Crippen molar-refractivity contribution >= 4 is 5.91 Å². The molecule has 0 spiro atoms. The predicted octanol–water partition coefficient (Wildman–Crippen LogP) is 1.60. The Labute approximate surface area is 115 Å². The van der Waals surface area contributed by atoms with E-state index in [9.17, 15) is 4.79 Å². The summed E-state index contributed by atoms with van der Waals surface area (Å²) in [5, 5.41) is 0. The minimum Gasteiger partial charge on any atom is -0.369 e. The van der Waals surface area contributed by atoms with Crippen LogP contribution >= 0.6 is 0 Å². The van der Waals surface area contributed by atoms with Crippen LogP contribution in [0.2, 0.25) is 0 Å². The van der Waals surface area contributed by atoms with Gasteiger partial charge in [-0.2, -0.15) is 0 Å². The third-order valence-corrected chi connectivity index (χ3v) is 4.16. The molecule has 4 nitrogen and oxygen atoms in total. The second-order valence-corrected chi connectivity index (χ2v) is 5.69. The predicted molar refractivity (Wildman–Crippen MR) is 75.5 cm³/mol. The number of pyridine rings is 1. The molecule has 0 unspecified atom stereocenters. The molecule has 1 aliphatic heterocycles. The number of piperidine rings is 1. The van der Waals surface area contributed by atoms with Crippen molar-refractivity contribution < 1.29 is 4.79 Å². The highest BCUT2D eigenvalue weighted by molar-refractivity contribution is 5.81. The highest BCUT2D eigenvalue weighted by atomic mass is 16.1. The van der Waals surface area contributed by atoms with Crippen LogP contribution in [0.3, 0.4) is 0 Å². The highest BCUT2D eigenvalue weighted by Gasteiger charge is 2.39. The van der Waals surface area contributed by atoms with Crippen LogP contribution in [0.1, 0.15) is 31.2 Å². The van der Waals surface area contributed by atoms with Crippen LogP contribution in [0.15, 0.2) is 24.5 Å². The zero-order valence-electron chi connectivity index (χ0n) is 11.6. The van der Waals surface area contributed by atoms with Crippen LogP contribution in [-0.2, 0) is 11.2 Å². The number of amides is 1. The largest absolute Gasteiger partial charge is 0.369 e. The van der Waals surface area contributed by atoms with E-state index in [1.165, 1.54) is 5.56 Å². The SMILES string of the molecule is CN1CCC[C@@](CCCc2ccncc2)(C(N)=O)C1. The van der Waals surface area contributed by atoms with Gasteiger partial charge >= 0.3 is 0 Å². The first-order valence-corrected chi connectivity index (χ1v) is 7.00. The van der Waals surface area contributed by atoms with Gasteiger partial charge in [-0.1, -0.05) is 0 Å². The average molecular weight is 261 g/mol. The first kappa shape index (κ1) is 14.0. The Morgan fingerprint density at radius 3 is 2.84 bits per heavy atom. The molecular formula is C15H23N3O. The van der Waals surface area contributed by atoms with Crippen molar-refractivity contribution in [3.05, 3.63) is 30.1 Å². The van der Waals surface area contributed by atoms with E-state index in [1.54, 1.807) is 0 Å². The molecule has 1 fully saturated rings. The van der Waals surface area contributed by atoms with E-state index in [1.807, 2.05) is 24.5 Å². The summed E-state index contributed by atoms with van der Waals surface area (Å²) in [5.74, 6) is -0.131. The molecule has 0 aliphatic carbocycles. The average Bonchev–Trinajstić information content (AvgIpc) is 2.40. The number of rotatable bonds is 5. The minimum absolute atomic E-state index is 0.131. The van der Waals surface area contributed by atoms with Crippen molar-refractivity contribution in [3.8, 4) is 0 Å². The van der Waals surface area contributed by atoms with Gasteiger partial charge in [-0.05, 0) is 63.4 Å². The number of primary amides is 1. The number of hydrogen-bond acceptors (Lipinski definition) is 3. The summed E-state index contributed by atoms with van der Waals surface area (Å²) >= 11 is 0. The van der Waals surface area contributed by atoms with Gasteiger partial charge in [0.1, 0.15) is 0 Å². The fourth-order valence-electron chi connectivity index (χ4n) is 3.07. The Balaban J connectivity index is 1.92. The summed E-state index contributed by atoms with van der Waals surface area (Å²) in [5.41, 5.74) is 6.63. The van der Waals surface area contributed by atoms with Gasteiger partial charge in [-0.15, -0.1) is 0 Å². The molecule has 1 atom stereocenters. The zero-order valence-corrected chi connectivity index (χ0v) is 11.6. The molecule has 104 valence electrons. The lowest BCUT2D eigenvalue weighted by atomic mass is 9.75. The van der Waals surface area contributed by atoms with E-state index in [0.29, 0.717) is 0 Å². The third kappa shape index (κ3) is 3.53. The smallest absolute Gasteiger partial charge is 0.224 e.